The maximum absolute atomic E-state index is 13.4. The Morgan fingerprint density at radius 2 is 1.92 bits per heavy atom. The molecule has 2 bridgehead atoms. The van der Waals surface area contributed by atoms with Crippen molar-refractivity contribution in [2.45, 2.75) is 25.4 Å². The number of pyridine rings is 1. The molecule has 4 heterocycles. The van der Waals surface area contributed by atoms with Crippen LogP contribution in [0.4, 0.5) is 8.78 Å². The Labute approximate surface area is 151 Å². The summed E-state index contributed by atoms with van der Waals surface area (Å²) in [6.45, 7) is 1.88. The van der Waals surface area contributed by atoms with Gasteiger partial charge in [-0.2, -0.15) is 0 Å². The van der Waals surface area contributed by atoms with Crippen molar-refractivity contribution in [3.8, 4) is 0 Å². The molecule has 0 aliphatic carbocycles. The zero-order chi connectivity index (χ0) is 18.1. The second-order valence-electron chi connectivity index (χ2n) is 7.18. The number of aromatic nitrogens is 1. The number of amides is 1. The lowest BCUT2D eigenvalue weighted by atomic mass is 9.74. The Morgan fingerprint density at radius 1 is 1.19 bits per heavy atom. The third kappa shape index (κ3) is 3.46. The molecule has 3 fully saturated rings. The number of nitrogens with zero attached hydrogens (tertiary/aromatic N) is 2. The zero-order valence-corrected chi connectivity index (χ0v) is 14.4. The summed E-state index contributed by atoms with van der Waals surface area (Å²) in [4.78, 5) is 19.1. The van der Waals surface area contributed by atoms with Gasteiger partial charge in [0.25, 0.3) is 5.91 Å². The van der Waals surface area contributed by atoms with Crippen LogP contribution in [0.5, 0.6) is 0 Å². The van der Waals surface area contributed by atoms with Crippen LogP contribution < -0.4 is 5.32 Å². The summed E-state index contributed by atoms with van der Waals surface area (Å²) < 4.78 is 26.9. The van der Waals surface area contributed by atoms with E-state index >= 15 is 0 Å². The van der Waals surface area contributed by atoms with E-state index in [1.54, 1.807) is 6.20 Å². The molecule has 2 aromatic rings. The molecule has 5 rings (SSSR count). The molecule has 0 radical (unpaired) electrons. The van der Waals surface area contributed by atoms with Crippen LogP contribution in [-0.2, 0) is 6.42 Å². The fourth-order valence-corrected chi connectivity index (χ4v) is 4.32. The first-order chi connectivity index (χ1) is 12.6. The Balaban J connectivity index is 1.55. The van der Waals surface area contributed by atoms with E-state index in [0.717, 1.165) is 56.1 Å². The molecular weight excluding hydrogens is 336 g/mol. The normalized spacial score (nSPS) is 27.3. The van der Waals surface area contributed by atoms with Gasteiger partial charge < -0.3 is 5.32 Å². The van der Waals surface area contributed by atoms with E-state index in [0.29, 0.717) is 5.92 Å². The van der Waals surface area contributed by atoms with E-state index < -0.39 is 17.5 Å². The van der Waals surface area contributed by atoms with Crippen LogP contribution in [-0.4, -0.2) is 35.0 Å². The highest BCUT2D eigenvalue weighted by Crippen LogP contribution is 2.38. The molecule has 0 spiro atoms. The van der Waals surface area contributed by atoms with Crippen molar-refractivity contribution in [1.82, 2.24) is 15.2 Å². The number of hydrogen-bond donors (Lipinski definition) is 1. The van der Waals surface area contributed by atoms with E-state index in [4.69, 9.17) is 0 Å². The summed E-state index contributed by atoms with van der Waals surface area (Å²) in [5.41, 5.74) is 1.16. The number of benzene rings is 1. The molecule has 136 valence electrons. The molecule has 0 saturated carbocycles. The van der Waals surface area contributed by atoms with Gasteiger partial charge in [-0.3, -0.25) is 14.7 Å². The smallest absolute Gasteiger partial charge is 0.252 e. The third-order valence-corrected chi connectivity index (χ3v) is 5.58. The third-order valence-electron chi connectivity index (χ3n) is 5.58. The molecule has 4 nitrogen and oxygen atoms in total. The molecule has 26 heavy (non-hydrogen) atoms. The van der Waals surface area contributed by atoms with Crippen molar-refractivity contribution in [3.05, 3.63) is 65.5 Å². The largest absolute Gasteiger partial charge is 0.336 e. The van der Waals surface area contributed by atoms with Crippen LogP contribution in [0.2, 0.25) is 0 Å². The van der Waals surface area contributed by atoms with Crippen molar-refractivity contribution < 1.29 is 13.6 Å². The van der Waals surface area contributed by atoms with Gasteiger partial charge in [-0.1, -0.05) is 6.07 Å². The van der Waals surface area contributed by atoms with E-state index in [9.17, 15) is 13.6 Å². The number of rotatable bonds is 4. The number of halogens is 2. The minimum absolute atomic E-state index is 0.0188. The first kappa shape index (κ1) is 17.1. The topological polar surface area (TPSA) is 45.2 Å². The molecule has 6 heteroatoms. The van der Waals surface area contributed by atoms with Gasteiger partial charge in [-0.15, -0.1) is 0 Å². The SMILES string of the molecule is O=C(N[C@H]1[C@H](Cc2cccnc2)C2CCN1CC2)c1cc(F)cc(F)c1. The van der Waals surface area contributed by atoms with Crippen LogP contribution in [0.25, 0.3) is 0 Å². The fraction of sp³-hybridized carbons (Fsp3) is 0.400. The van der Waals surface area contributed by atoms with Crippen LogP contribution >= 0.6 is 0 Å². The van der Waals surface area contributed by atoms with Crippen molar-refractivity contribution in [2.75, 3.05) is 13.1 Å². The monoisotopic (exact) mass is 357 g/mol. The van der Waals surface area contributed by atoms with Gasteiger partial charge in [0.15, 0.2) is 0 Å². The average molecular weight is 357 g/mol. The van der Waals surface area contributed by atoms with Gasteiger partial charge in [0.2, 0.25) is 0 Å². The maximum Gasteiger partial charge on any atom is 0.252 e. The standard InChI is InChI=1S/C20H21F2N3O/c21-16-9-15(10-17(22)11-16)20(26)24-19-18(8-13-2-1-5-23-12-13)14-3-6-25(19)7-4-14/h1-2,5,9-12,14,18-19H,3-4,6-8H2,(H,24,26)/t18-,19-/m1/s1. The summed E-state index contributed by atoms with van der Waals surface area (Å²) >= 11 is 0. The number of carbonyl (C=O) groups is 1. The molecule has 1 N–H and O–H groups in total. The molecule has 3 saturated heterocycles. The molecule has 1 aromatic heterocycles. The summed E-state index contributed by atoms with van der Waals surface area (Å²) in [6, 6.07) is 6.88. The zero-order valence-electron chi connectivity index (χ0n) is 14.4. The lowest BCUT2D eigenvalue weighted by Crippen LogP contribution is -2.62. The van der Waals surface area contributed by atoms with E-state index in [-0.39, 0.29) is 17.6 Å². The fourth-order valence-electron chi connectivity index (χ4n) is 4.32. The predicted molar refractivity (Wildman–Crippen MR) is 93.3 cm³/mol. The number of piperidine rings is 3. The molecule has 1 aromatic carbocycles. The van der Waals surface area contributed by atoms with Gasteiger partial charge in [-0.05, 0) is 54.9 Å². The molecule has 3 aliphatic heterocycles. The first-order valence-corrected chi connectivity index (χ1v) is 9.00. The van der Waals surface area contributed by atoms with Crippen molar-refractivity contribution in [1.29, 1.82) is 0 Å². The second-order valence-corrected chi connectivity index (χ2v) is 7.18. The van der Waals surface area contributed by atoms with Crippen molar-refractivity contribution >= 4 is 5.91 Å². The number of hydrogen-bond acceptors (Lipinski definition) is 3. The molecule has 1 amide bonds. The van der Waals surface area contributed by atoms with Gasteiger partial charge in [0.1, 0.15) is 11.6 Å². The van der Waals surface area contributed by atoms with Gasteiger partial charge in [0, 0.05) is 37.1 Å². The number of fused-ring (bicyclic) bond motifs is 3. The van der Waals surface area contributed by atoms with Crippen LogP contribution in [0.15, 0.2) is 42.7 Å². The van der Waals surface area contributed by atoms with Gasteiger partial charge >= 0.3 is 0 Å². The average Bonchev–Trinajstić information content (AvgIpc) is 2.64. The number of nitrogens with one attached hydrogen (secondary N) is 1. The molecular formula is C20H21F2N3O. The van der Waals surface area contributed by atoms with Crippen molar-refractivity contribution in [3.63, 3.8) is 0 Å². The Morgan fingerprint density at radius 3 is 2.58 bits per heavy atom. The summed E-state index contributed by atoms with van der Waals surface area (Å²) in [7, 11) is 0. The maximum atomic E-state index is 13.4. The Hall–Kier alpha value is -2.34. The van der Waals surface area contributed by atoms with Gasteiger partial charge in [0.05, 0.1) is 6.17 Å². The quantitative estimate of drug-likeness (QED) is 0.915. The van der Waals surface area contributed by atoms with Crippen LogP contribution in [0.3, 0.4) is 0 Å². The summed E-state index contributed by atoms with van der Waals surface area (Å²) in [6.07, 6.45) is 6.55. The van der Waals surface area contributed by atoms with Crippen LogP contribution in [0, 0.1) is 23.5 Å². The van der Waals surface area contributed by atoms with Gasteiger partial charge in [-0.25, -0.2) is 8.78 Å². The van der Waals surface area contributed by atoms with Crippen LogP contribution in [0.1, 0.15) is 28.8 Å². The summed E-state index contributed by atoms with van der Waals surface area (Å²) in [5.74, 6) is -1.11. The Bertz CT molecular complexity index is 771. The Kier molecular flexibility index (Phi) is 4.68. The molecule has 2 atom stereocenters. The minimum atomic E-state index is -0.743. The highest BCUT2D eigenvalue weighted by molar-refractivity contribution is 5.94. The van der Waals surface area contributed by atoms with Crippen molar-refractivity contribution in [2.24, 2.45) is 11.8 Å². The van der Waals surface area contributed by atoms with E-state index in [1.165, 1.54) is 0 Å². The molecule has 3 aliphatic rings. The minimum Gasteiger partial charge on any atom is -0.336 e. The van der Waals surface area contributed by atoms with E-state index in [2.05, 4.69) is 15.2 Å². The predicted octanol–water partition coefficient (Wildman–Crippen LogP) is 3.00. The second kappa shape index (κ2) is 7.11. The number of carbonyl (C=O) groups excluding carboxylic acids is 1. The lowest BCUT2D eigenvalue weighted by Gasteiger charge is -2.51. The lowest BCUT2D eigenvalue weighted by molar-refractivity contribution is -0.0234. The summed E-state index contributed by atoms with van der Waals surface area (Å²) in [5, 5.41) is 3.02. The molecule has 0 unspecified atom stereocenters. The highest BCUT2D eigenvalue weighted by atomic mass is 19.1. The first-order valence-electron chi connectivity index (χ1n) is 9.00. The van der Waals surface area contributed by atoms with E-state index in [1.807, 2.05) is 18.3 Å². The highest BCUT2D eigenvalue weighted by Gasteiger charge is 2.42.